The Morgan fingerprint density at radius 1 is 1.05 bits per heavy atom. The van der Waals surface area contributed by atoms with Gasteiger partial charge in [0.1, 0.15) is 5.82 Å². The smallest absolute Gasteiger partial charge is 0.323 e. The zero-order valence-corrected chi connectivity index (χ0v) is 22.9. The monoisotopic (exact) mass is 552 g/mol. The summed E-state index contributed by atoms with van der Waals surface area (Å²) in [5.74, 6) is 1.35. The predicted molar refractivity (Wildman–Crippen MR) is 153 cm³/mol. The van der Waals surface area contributed by atoms with Crippen LogP contribution in [-0.2, 0) is 19.8 Å². The van der Waals surface area contributed by atoms with Gasteiger partial charge in [-0.3, -0.25) is 4.79 Å². The van der Waals surface area contributed by atoms with Crippen LogP contribution in [0, 0.1) is 6.92 Å². The molecule has 2 heterocycles. The first kappa shape index (κ1) is 29.3. The Balaban J connectivity index is 0.000000403. The Morgan fingerprint density at radius 3 is 2.33 bits per heavy atom. The molecule has 0 bridgehead atoms. The lowest BCUT2D eigenvalue weighted by molar-refractivity contribution is -0.118. The van der Waals surface area contributed by atoms with Gasteiger partial charge in [-0.1, -0.05) is 18.2 Å². The summed E-state index contributed by atoms with van der Waals surface area (Å²) in [4.78, 5) is 33.9. The molecule has 2 aromatic carbocycles. The van der Waals surface area contributed by atoms with Gasteiger partial charge in [-0.25, -0.2) is 14.8 Å². The van der Waals surface area contributed by atoms with Crippen LogP contribution in [0.5, 0.6) is 0 Å². The minimum absolute atomic E-state index is 0.0748. The molecule has 1 fully saturated rings. The second kappa shape index (κ2) is 14.6. The highest BCUT2D eigenvalue weighted by atomic mass is 32.2. The van der Waals surface area contributed by atoms with Crippen LogP contribution in [0.1, 0.15) is 19.5 Å². The number of ether oxygens (including phenoxy) is 1. The third-order valence-corrected chi connectivity index (χ3v) is 5.94. The van der Waals surface area contributed by atoms with Gasteiger partial charge in [0.15, 0.2) is 5.82 Å². The van der Waals surface area contributed by atoms with Gasteiger partial charge in [0.2, 0.25) is 16.2 Å². The normalized spacial score (nSPS) is 14.3. The van der Waals surface area contributed by atoms with Crippen molar-refractivity contribution < 1.29 is 22.7 Å². The average Bonchev–Trinajstić information content (AvgIpc) is 2.89. The lowest BCUT2D eigenvalue weighted by Crippen LogP contribution is -2.44. The van der Waals surface area contributed by atoms with Crippen LogP contribution >= 0.6 is 0 Å². The van der Waals surface area contributed by atoms with Gasteiger partial charge in [-0.2, -0.15) is 8.42 Å². The minimum Gasteiger partial charge on any atom is -0.377 e. The molecule has 0 radical (unpaired) electrons. The number of urea groups is 1. The van der Waals surface area contributed by atoms with Crippen LogP contribution in [0.15, 0.2) is 60.7 Å². The molecule has 0 aliphatic carbocycles. The summed E-state index contributed by atoms with van der Waals surface area (Å²) in [5.41, 5.74) is 3.25. The number of hydrogen-bond donors (Lipinski definition) is 3. The van der Waals surface area contributed by atoms with Gasteiger partial charge < -0.3 is 25.6 Å². The summed E-state index contributed by atoms with van der Waals surface area (Å²) in [5, 5.41) is 8.90. The predicted octanol–water partition coefficient (Wildman–Crippen LogP) is 3.12. The second-order valence-electron chi connectivity index (χ2n) is 8.70. The van der Waals surface area contributed by atoms with Crippen molar-refractivity contribution in [1.82, 2.24) is 15.3 Å². The zero-order chi connectivity index (χ0) is 28.2. The lowest BCUT2D eigenvalue weighted by atomic mass is 10.2. The molecular formula is C27H32N6O5S. The number of nitrogens with one attached hydrogen (secondary N) is 3. The van der Waals surface area contributed by atoms with Crippen molar-refractivity contribution in [3.8, 4) is 11.4 Å². The van der Waals surface area contributed by atoms with E-state index in [0.29, 0.717) is 24.7 Å². The average molecular weight is 553 g/mol. The van der Waals surface area contributed by atoms with E-state index in [4.69, 9.17) is 9.72 Å². The number of carbonyl (C=O) groups excluding carboxylic acids is 2. The van der Waals surface area contributed by atoms with Gasteiger partial charge in [-0.15, -0.1) is 0 Å². The summed E-state index contributed by atoms with van der Waals surface area (Å²) >= 11 is 0. The summed E-state index contributed by atoms with van der Waals surface area (Å²) < 4.78 is 25.1. The molecule has 39 heavy (non-hydrogen) atoms. The maximum Gasteiger partial charge on any atom is 0.323 e. The number of amides is 3. The molecule has 4 rings (SSSR count). The summed E-state index contributed by atoms with van der Waals surface area (Å²) in [7, 11) is -2.17. The zero-order valence-electron chi connectivity index (χ0n) is 22.0. The van der Waals surface area contributed by atoms with E-state index >= 15 is 0 Å². The molecule has 1 saturated heterocycles. The molecule has 0 saturated carbocycles. The van der Waals surface area contributed by atoms with Crippen molar-refractivity contribution in [2.75, 3.05) is 41.8 Å². The molecule has 11 nitrogen and oxygen atoms in total. The van der Waals surface area contributed by atoms with Crippen molar-refractivity contribution in [3.05, 3.63) is 66.4 Å². The molecule has 3 aromatic rings. The third-order valence-electron chi connectivity index (χ3n) is 5.51. The van der Waals surface area contributed by atoms with E-state index in [9.17, 15) is 18.0 Å². The molecule has 0 unspecified atom stereocenters. The van der Waals surface area contributed by atoms with E-state index in [1.165, 1.54) is 6.92 Å². The van der Waals surface area contributed by atoms with Crippen molar-refractivity contribution in [3.63, 3.8) is 0 Å². The third kappa shape index (κ3) is 9.83. The Kier molecular flexibility index (Phi) is 11.0. The molecule has 206 valence electrons. The summed E-state index contributed by atoms with van der Waals surface area (Å²) in [6.07, 6.45) is 0. The number of rotatable bonds is 6. The number of carbonyl (C=O) groups is 2. The van der Waals surface area contributed by atoms with E-state index in [0.717, 1.165) is 34.7 Å². The first-order valence-corrected chi connectivity index (χ1v) is 13.4. The molecule has 1 aromatic heterocycles. The van der Waals surface area contributed by atoms with Crippen LogP contribution in [0.2, 0.25) is 0 Å². The maximum atomic E-state index is 12.2. The summed E-state index contributed by atoms with van der Waals surface area (Å²) in [6.45, 7) is 7.72. The fourth-order valence-electron chi connectivity index (χ4n) is 3.67. The van der Waals surface area contributed by atoms with E-state index in [1.807, 2.05) is 67.6 Å². The lowest BCUT2D eigenvalue weighted by Gasteiger charge is -2.34. The van der Waals surface area contributed by atoms with Gasteiger partial charge in [0.25, 0.3) is 0 Å². The minimum atomic E-state index is -2.17. The highest BCUT2D eigenvalue weighted by molar-refractivity contribution is 7.71. The number of para-hydroxylation sites is 1. The van der Waals surface area contributed by atoms with Gasteiger partial charge in [-0.05, 0) is 50.2 Å². The van der Waals surface area contributed by atoms with E-state index < -0.39 is 10.3 Å². The Labute approximate surface area is 229 Å². The highest BCUT2D eigenvalue weighted by Gasteiger charge is 2.21. The van der Waals surface area contributed by atoms with E-state index in [1.54, 1.807) is 0 Å². The maximum absolute atomic E-state index is 12.2. The molecule has 1 aliphatic rings. The standard InChI is InChI=1S/C23H25N5O2.C4H7NO3S/c1-16-14-21(28-12-13-30-15-17(28)2)27-22(24-16)18-8-10-20(11-9-18)26-23(29)25-19-6-4-3-5-7-19;1-4(6)5-2-3-9(7)8/h3-11,14,17H,12-13,15H2,1-2H3,(H2,25,26,29);3H,2H2,1H3,(H,5,6)/t17-;/m0./s1. The number of anilines is 3. The SMILES string of the molecule is CC(=O)NCC=S(=O)=O.Cc1cc(N2CCOC[C@@H]2C)nc(-c2ccc(NC(=O)Nc3ccccc3)cc2)n1. The molecule has 3 amide bonds. The molecule has 12 heteroatoms. The number of hydrogen-bond acceptors (Lipinski definition) is 8. The van der Waals surface area contributed by atoms with Crippen molar-refractivity contribution >= 4 is 44.8 Å². The van der Waals surface area contributed by atoms with E-state index in [-0.39, 0.29) is 24.5 Å². The highest BCUT2D eigenvalue weighted by Crippen LogP contribution is 2.24. The first-order chi connectivity index (χ1) is 18.7. The second-order valence-corrected chi connectivity index (χ2v) is 9.55. The largest absolute Gasteiger partial charge is 0.377 e. The van der Waals surface area contributed by atoms with E-state index in [2.05, 4.69) is 32.8 Å². The fourth-order valence-corrected chi connectivity index (χ4v) is 3.89. The number of aryl methyl sites for hydroxylation is 1. The Hall–Kier alpha value is -4.29. The van der Waals surface area contributed by atoms with Crippen LogP contribution in [0.25, 0.3) is 11.4 Å². The van der Waals surface area contributed by atoms with Gasteiger partial charge in [0, 0.05) is 42.2 Å². The van der Waals surface area contributed by atoms with Gasteiger partial charge >= 0.3 is 6.03 Å². The number of aromatic nitrogens is 2. The number of morpholine rings is 1. The molecule has 0 spiro atoms. The van der Waals surface area contributed by atoms with Crippen molar-refractivity contribution in [2.24, 2.45) is 0 Å². The Morgan fingerprint density at radius 2 is 1.72 bits per heavy atom. The van der Waals surface area contributed by atoms with Crippen LogP contribution in [-0.4, -0.2) is 68.0 Å². The quantitative estimate of drug-likeness (QED) is 0.396. The fraction of sp³-hybridized carbons (Fsp3) is 0.296. The van der Waals surface area contributed by atoms with Crippen molar-refractivity contribution in [1.29, 1.82) is 0 Å². The number of benzene rings is 2. The molecule has 1 atom stereocenters. The van der Waals surface area contributed by atoms with Crippen LogP contribution in [0.3, 0.4) is 0 Å². The Bertz CT molecular complexity index is 1390. The molecular weight excluding hydrogens is 520 g/mol. The van der Waals surface area contributed by atoms with Gasteiger partial charge in [0.05, 0.1) is 31.2 Å². The molecule has 1 aliphatic heterocycles. The first-order valence-electron chi connectivity index (χ1n) is 12.3. The topological polar surface area (TPSA) is 143 Å². The number of nitrogens with zero attached hydrogens (tertiary/aromatic N) is 3. The van der Waals surface area contributed by atoms with Crippen molar-refractivity contribution in [2.45, 2.75) is 26.8 Å². The van der Waals surface area contributed by atoms with Crippen LogP contribution in [0.4, 0.5) is 22.0 Å². The molecule has 3 N–H and O–H groups in total. The van der Waals surface area contributed by atoms with Crippen LogP contribution < -0.4 is 20.9 Å². The summed E-state index contributed by atoms with van der Waals surface area (Å²) in [6, 6.07) is 18.9.